The van der Waals surface area contributed by atoms with Gasteiger partial charge in [-0.25, -0.2) is 22.3 Å². The van der Waals surface area contributed by atoms with Crippen molar-refractivity contribution in [3.63, 3.8) is 0 Å². The van der Waals surface area contributed by atoms with Gasteiger partial charge in [0.15, 0.2) is 0 Å². The van der Waals surface area contributed by atoms with Crippen molar-refractivity contribution in [1.82, 2.24) is 14.6 Å². The number of aromatic nitrogens is 1. The van der Waals surface area contributed by atoms with E-state index in [2.05, 4.69) is 15.0 Å². The minimum absolute atomic E-state index is 0.107. The predicted octanol–water partition coefficient (Wildman–Crippen LogP) is 3.86. The van der Waals surface area contributed by atoms with Crippen molar-refractivity contribution in [3.05, 3.63) is 75.4 Å². The standard InChI is InChI=1S/C22H24ClFN4O4S/c1-14(18-13-26-21(29)17-7-4-3-6-16(17)18)28(10-5-11-33(31,32)25-2)22(30)27-15-8-9-20(24)19(23)12-15/h3-4,6-9,12-14,25H,5,10-11H2,1-2H3,(H,26,29)(H,27,30)/t14-/m0/s1. The van der Waals surface area contributed by atoms with Crippen molar-refractivity contribution in [2.75, 3.05) is 24.7 Å². The summed E-state index contributed by atoms with van der Waals surface area (Å²) in [6.07, 6.45) is 1.72. The molecule has 176 valence electrons. The number of hydrogen-bond donors (Lipinski definition) is 3. The van der Waals surface area contributed by atoms with Gasteiger partial charge >= 0.3 is 6.03 Å². The molecule has 0 bridgehead atoms. The Bertz CT molecular complexity index is 1330. The van der Waals surface area contributed by atoms with Gasteiger partial charge in [0.05, 0.1) is 16.8 Å². The highest BCUT2D eigenvalue weighted by Crippen LogP contribution is 2.27. The lowest BCUT2D eigenvalue weighted by Gasteiger charge is -2.30. The van der Waals surface area contributed by atoms with Crippen LogP contribution in [0.3, 0.4) is 0 Å². The van der Waals surface area contributed by atoms with Gasteiger partial charge in [-0.2, -0.15) is 0 Å². The normalized spacial score (nSPS) is 12.5. The maximum absolute atomic E-state index is 13.5. The molecule has 3 aromatic rings. The lowest BCUT2D eigenvalue weighted by atomic mass is 10.0. The van der Waals surface area contributed by atoms with Crippen molar-refractivity contribution in [2.24, 2.45) is 0 Å². The van der Waals surface area contributed by atoms with Gasteiger partial charge in [-0.05, 0) is 55.6 Å². The number of nitrogens with zero attached hydrogens (tertiary/aromatic N) is 1. The maximum Gasteiger partial charge on any atom is 0.322 e. The molecular formula is C22H24ClFN4O4S. The molecule has 3 N–H and O–H groups in total. The molecule has 0 aliphatic rings. The number of carbonyl (C=O) groups is 1. The van der Waals surface area contributed by atoms with Gasteiger partial charge < -0.3 is 15.2 Å². The van der Waals surface area contributed by atoms with Gasteiger partial charge in [-0.3, -0.25) is 4.79 Å². The second-order valence-corrected chi connectivity index (χ2v) is 9.88. The summed E-state index contributed by atoms with van der Waals surface area (Å²) in [7, 11) is -2.13. The van der Waals surface area contributed by atoms with Gasteiger partial charge in [0.1, 0.15) is 5.82 Å². The number of sulfonamides is 1. The zero-order chi connectivity index (χ0) is 24.2. The monoisotopic (exact) mass is 494 g/mol. The van der Waals surface area contributed by atoms with E-state index in [1.54, 1.807) is 37.4 Å². The number of fused-ring (bicyclic) bond motifs is 1. The molecule has 0 radical (unpaired) electrons. The van der Waals surface area contributed by atoms with Crippen molar-refractivity contribution < 1.29 is 17.6 Å². The van der Waals surface area contributed by atoms with Crippen LogP contribution in [-0.2, 0) is 10.0 Å². The molecule has 3 rings (SSSR count). The summed E-state index contributed by atoms with van der Waals surface area (Å²) in [6, 6.07) is 9.77. The van der Waals surface area contributed by atoms with Crippen molar-refractivity contribution in [1.29, 1.82) is 0 Å². The van der Waals surface area contributed by atoms with Crippen molar-refractivity contribution in [3.8, 4) is 0 Å². The summed E-state index contributed by atoms with van der Waals surface area (Å²) >= 11 is 5.82. The fourth-order valence-electron chi connectivity index (χ4n) is 3.51. The van der Waals surface area contributed by atoms with E-state index in [1.807, 2.05) is 0 Å². The largest absolute Gasteiger partial charge is 0.328 e. The molecule has 0 aliphatic carbocycles. The number of urea groups is 1. The minimum atomic E-state index is -3.46. The van der Waals surface area contributed by atoms with E-state index in [1.165, 1.54) is 24.1 Å². The van der Waals surface area contributed by atoms with Gasteiger partial charge in [-0.15, -0.1) is 0 Å². The van der Waals surface area contributed by atoms with Crippen molar-refractivity contribution in [2.45, 2.75) is 19.4 Å². The number of H-pyrrole nitrogens is 1. The highest BCUT2D eigenvalue weighted by atomic mass is 35.5. The van der Waals surface area contributed by atoms with Crippen LogP contribution in [0.15, 0.2) is 53.5 Å². The molecule has 33 heavy (non-hydrogen) atoms. The summed E-state index contributed by atoms with van der Waals surface area (Å²) in [5.41, 5.74) is 0.727. The summed E-state index contributed by atoms with van der Waals surface area (Å²) in [5, 5.41) is 3.70. The van der Waals surface area contributed by atoms with E-state index < -0.39 is 27.9 Å². The van der Waals surface area contributed by atoms with Crippen LogP contribution in [0.5, 0.6) is 0 Å². The molecule has 8 nitrogen and oxygen atoms in total. The smallest absolute Gasteiger partial charge is 0.322 e. The Morgan fingerprint density at radius 3 is 2.58 bits per heavy atom. The second kappa shape index (κ2) is 10.3. The molecule has 0 saturated heterocycles. The molecule has 0 fully saturated rings. The first kappa shape index (κ1) is 24.7. The molecule has 0 aliphatic heterocycles. The molecular weight excluding hydrogens is 471 g/mol. The van der Waals surface area contributed by atoms with E-state index in [4.69, 9.17) is 11.6 Å². The minimum Gasteiger partial charge on any atom is -0.328 e. The van der Waals surface area contributed by atoms with E-state index in [9.17, 15) is 22.4 Å². The summed E-state index contributed by atoms with van der Waals surface area (Å²) < 4.78 is 39.4. The Balaban J connectivity index is 1.93. The van der Waals surface area contributed by atoms with E-state index in [0.29, 0.717) is 16.3 Å². The average Bonchev–Trinajstić information content (AvgIpc) is 2.79. The van der Waals surface area contributed by atoms with Crippen LogP contribution < -0.4 is 15.6 Å². The Morgan fingerprint density at radius 1 is 1.21 bits per heavy atom. The summed E-state index contributed by atoms with van der Waals surface area (Å²) in [6.45, 7) is 1.89. The molecule has 0 unspecified atom stereocenters. The maximum atomic E-state index is 13.5. The number of rotatable bonds is 8. The average molecular weight is 495 g/mol. The van der Waals surface area contributed by atoms with E-state index >= 15 is 0 Å². The molecule has 1 atom stereocenters. The lowest BCUT2D eigenvalue weighted by molar-refractivity contribution is 0.193. The molecule has 1 aromatic heterocycles. The predicted molar refractivity (Wildman–Crippen MR) is 128 cm³/mol. The number of nitrogens with one attached hydrogen (secondary N) is 3. The van der Waals surface area contributed by atoms with Gasteiger partial charge in [0.2, 0.25) is 10.0 Å². The number of halogens is 2. The van der Waals surface area contributed by atoms with Crippen LogP contribution in [0.25, 0.3) is 10.8 Å². The second-order valence-electron chi connectivity index (χ2n) is 7.42. The third kappa shape index (κ3) is 5.89. The van der Waals surface area contributed by atoms with Crippen LogP contribution in [-0.4, -0.2) is 43.7 Å². The number of aromatic amines is 1. The topological polar surface area (TPSA) is 111 Å². The van der Waals surface area contributed by atoms with Crippen LogP contribution in [0.4, 0.5) is 14.9 Å². The van der Waals surface area contributed by atoms with Gasteiger partial charge in [0.25, 0.3) is 5.56 Å². The van der Waals surface area contributed by atoms with E-state index in [0.717, 1.165) is 6.07 Å². The lowest BCUT2D eigenvalue weighted by Crippen LogP contribution is -2.39. The summed E-state index contributed by atoms with van der Waals surface area (Å²) in [5.74, 6) is -0.786. The SMILES string of the molecule is CNS(=O)(=O)CCCN(C(=O)Nc1ccc(F)c(Cl)c1)[C@@H](C)c1c[nH]c(=O)c2ccccc12. The molecule has 11 heteroatoms. The van der Waals surface area contributed by atoms with Crippen LogP contribution in [0.2, 0.25) is 5.02 Å². The fourth-order valence-corrected chi connectivity index (χ4v) is 4.41. The Kier molecular flexibility index (Phi) is 7.72. The number of benzene rings is 2. The van der Waals surface area contributed by atoms with Crippen molar-refractivity contribution >= 4 is 44.1 Å². The van der Waals surface area contributed by atoms with Crippen LogP contribution in [0, 0.1) is 5.82 Å². The molecule has 2 amide bonds. The molecule has 1 heterocycles. The number of carbonyl (C=O) groups excluding carboxylic acids is 1. The van der Waals surface area contributed by atoms with Crippen LogP contribution in [0.1, 0.15) is 24.9 Å². The zero-order valence-corrected chi connectivity index (χ0v) is 19.6. The molecule has 0 saturated carbocycles. The number of anilines is 1. The van der Waals surface area contributed by atoms with Crippen LogP contribution >= 0.6 is 11.6 Å². The van der Waals surface area contributed by atoms with E-state index in [-0.39, 0.29) is 35.0 Å². The Labute approximate surface area is 195 Å². The summed E-state index contributed by atoms with van der Waals surface area (Å²) in [4.78, 5) is 29.6. The first-order chi connectivity index (χ1) is 15.6. The number of hydrogen-bond acceptors (Lipinski definition) is 4. The Hall–Kier alpha value is -2.95. The zero-order valence-electron chi connectivity index (χ0n) is 18.1. The third-order valence-electron chi connectivity index (χ3n) is 5.31. The Morgan fingerprint density at radius 2 is 1.91 bits per heavy atom. The quantitative estimate of drug-likeness (QED) is 0.441. The first-order valence-electron chi connectivity index (χ1n) is 10.2. The highest BCUT2D eigenvalue weighted by molar-refractivity contribution is 7.89. The fraction of sp³-hybridized carbons (Fsp3) is 0.273. The molecule has 0 spiro atoms. The molecule has 2 aromatic carbocycles. The highest BCUT2D eigenvalue weighted by Gasteiger charge is 2.24. The third-order valence-corrected chi connectivity index (χ3v) is 7.05. The number of amides is 2. The van der Waals surface area contributed by atoms with Gasteiger partial charge in [-0.1, -0.05) is 29.8 Å². The van der Waals surface area contributed by atoms with Gasteiger partial charge in [0, 0.05) is 23.8 Å². The first-order valence-corrected chi connectivity index (χ1v) is 12.2. The number of pyridine rings is 1.